The van der Waals surface area contributed by atoms with E-state index >= 15 is 0 Å². The van der Waals surface area contributed by atoms with Crippen LogP contribution in [-0.4, -0.2) is 27.4 Å². The van der Waals surface area contributed by atoms with Gasteiger partial charge in [0.2, 0.25) is 0 Å². The summed E-state index contributed by atoms with van der Waals surface area (Å²) >= 11 is 0. The molecule has 68 valence electrons. The SMILES string of the molecule is CC(C)CC(C)(C)[PH](=O)O.[AlH3]. The van der Waals surface area contributed by atoms with E-state index in [-0.39, 0.29) is 22.5 Å². The average Bonchev–Trinajstić information content (AvgIpc) is 1.60. The molecule has 0 fully saturated rings. The third kappa shape index (κ3) is 5.94. The van der Waals surface area contributed by atoms with Crippen LogP contribution in [0.15, 0.2) is 0 Å². The van der Waals surface area contributed by atoms with Crippen molar-refractivity contribution >= 4 is 25.4 Å². The predicted molar refractivity (Wildman–Crippen MR) is 54.7 cm³/mol. The molecule has 0 heterocycles. The van der Waals surface area contributed by atoms with E-state index in [0.29, 0.717) is 5.92 Å². The monoisotopic (exact) mass is 194 g/mol. The molecule has 1 atom stereocenters. The van der Waals surface area contributed by atoms with Crippen molar-refractivity contribution in [2.75, 3.05) is 0 Å². The molecule has 0 aliphatic carbocycles. The van der Waals surface area contributed by atoms with E-state index in [9.17, 15) is 4.57 Å². The molecule has 0 aromatic heterocycles. The van der Waals surface area contributed by atoms with Crippen molar-refractivity contribution in [2.45, 2.75) is 39.3 Å². The van der Waals surface area contributed by atoms with Gasteiger partial charge in [-0.3, -0.25) is 4.57 Å². The fourth-order valence-corrected chi connectivity index (χ4v) is 1.69. The predicted octanol–water partition coefficient (Wildman–Crippen LogP) is 1.09. The molecule has 0 aliphatic heterocycles. The van der Waals surface area contributed by atoms with Gasteiger partial charge in [0.25, 0.3) is 0 Å². The van der Waals surface area contributed by atoms with Gasteiger partial charge in [0.15, 0.2) is 25.4 Å². The third-order valence-electron chi connectivity index (χ3n) is 1.50. The molecule has 0 aromatic rings. The Kier molecular flexibility index (Phi) is 6.98. The zero-order valence-electron chi connectivity index (χ0n) is 7.14. The van der Waals surface area contributed by atoms with Crippen LogP contribution in [0, 0.1) is 5.92 Å². The maximum Gasteiger partial charge on any atom is 0.194 e. The van der Waals surface area contributed by atoms with E-state index in [1.165, 1.54) is 0 Å². The zero-order valence-corrected chi connectivity index (χ0v) is 8.14. The van der Waals surface area contributed by atoms with Crippen molar-refractivity contribution in [1.29, 1.82) is 0 Å². The van der Waals surface area contributed by atoms with Gasteiger partial charge in [0, 0.05) is 5.16 Å². The number of hydrogen-bond acceptors (Lipinski definition) is 1. The molecule has 0 aromatic carbocycles. The lowest BCUT2D eigenvalue weighted by Gasteiger charge is -2.22. The molecule has 0 saturated carbocycles. The second kappa shape index (κ2) is 5.38. The smallest absolute Gasteiger partial charge is 0.194 e. The molecule has 0 amide bonds. The van der Waals surface area contributed by atoms with Crippen LogP contribution < -0.4 is 0 Å². The minimum Gasteiger partial charge on any atom is -0.346 e. The van der Waals surface area contributed by atoms with Crippen LogP contribution in [0.3, 0.4) is 0 Å². The Hall–Kier alpha value is 0.722. The first-order valence-corrected chi connectivity index (χ1v) is 4.95. The third-order valence-corrected chi connectivity index (χ3v) is 2.86. The summed E-state index contributed by atoms with van der Waals surface area (Å²) in [5, 5.41) is -0.376. The fraction of sp³-hybridized carbons (Fsp3) is 1.00. The Morgan fingerprint density at radius 2 is 1.82 bits per heavy atom. The van der Waals surface area contributed by atoms with E-state index in [1.54, 1.807) is 0 Å². The maximum absolute atomic E-state index is 10.7. The first-order valence-electron chi connectivity index (χ1n) is 3.59. The lowest BCUT2D eigenvalue weighted by molar-refractivity contribution is 0.421. The number of rotatable bonds is 3. The summed E-state index contributed by atoms with van der Waals surface area (Å²) < 4.78 is 10.7. The Labute approximate surface area is 80.4 Å². The quantitative estimate of drug-likeness (QED) is 0.539. The minimum absolute atomic E-state index is 0. The standard InChI is InChI=1S/C7H17O2P.Al.3H/c1-6(2)5-7(3,4)10(8)9;;;;/h6,10H,5H2,1-4H3,(H,8,9);;;;. The van der Waals surface area contributed by atoms with Gasteiger partial charge in [-0.1, -0.05) is 27.7 Å². The van der Waals surface area contributed by atoms with Gasteiger partial charge in [-0.15, -0.1) is 0 Å². The van der Waals surface area contributed by atoms with Crippen LogP contribution in [-0.2, 0) is 4.57 Å². The summed E-state index contributed by atoms with van der Waals surface area (Å²) in [5.74, 6) is 0.496. The van der Waals surface area contributed by atoms with Crippen LogP contribution in [0.2, 0.25) is 0 Å². The highest BCUT2D eigenvalue weighted by Gasteiger charge is 2.24. The minimum atomic E-state index is -2.36. The van der Waals surface area contributed by atoms with Crippen LogP contribution in [0.5, 0.6) is 0 Å². The largest absolute Gasteiger partial charge is 0.346 e. The molecule has 0 bridgehead atoms. The Morgan fingerprint density at radius 3 is 1.91 bits per heavy atom. The topological polar surface area (TPSA) is 37.3 Å². The normalized spacial score (nSPS) is 14.4. The Morgan fingerprint density at radius 1 is 1.45 bits per heavy atom. The molecule has 0 rings (SSSR count). The fourth-order valence-electron chi connectivity index (χ4n) is 1.11. The van der Waals surface area contributed by atoms with Crippen LogP contribution in [0.4, 0.5) is 0 Å². The summed E-state index contributed by atoms with van der Waals surface area (Å²) in [4.78, 5) is 8.88. The summed E-state index contributed by atoms with van der Waals surface area (Å²) in [6.07, 6.45) is 0.821. The molecule has 1 N–H and O–H groups in total. The molecule has 4 heteroatoms. The lowest BCUT2D eigenvalue weighted by Crippen LogP contribution is -2.16. The van der Waals surface area contributed by atoms with Crippen molar-refractivity contribution < 1.29 is 9.46 Å². The van der Waals surface area contributed by atoms with E-state index in [0.717, 1.165) is 6.42 Å². The van der Waals surface area contributed by atoms with Crippen molar-refractivity contribution in [3.63, 3.8) is 0 Å². The van der Waals surface area contributed by atoms with E-state index in [1.807, 2.05) is 13.8 Å². The highest BCUT2D eigenvalue weighted by atomic mass is 31.1. The van der Waals surface area contributed by atoms with Gasteiger partial charge in [0.1, 0.15) is 0 Å². The molecular formula is C7H20AlO2P. The van der Waals surface area contributed by atoms with Gasteiger partial charge in [-0.2, -0.15) is 0 Å². The second-order valence-corrected chi connectivity index (χ2v) is 5.75. The zero-order chi connectivity index (χ0) is 8.36. The Balaban J connectivity index is 0. The summed E-state index contributed by atoms with van der Waals surface area (Å²) in [6.45, 7) is 7.81. The molecule has 0 spiro atoms. The summed E-state index contributed by atoms with van der Waals surface area (Å²) in [7, 11) is -2.36. The highest BCUT2D eigenvalue weighted by molar-refractivity contribution is 7.39. The van der Waals surface area contributed by atoms with E-state index < -0.39 is 8.03 Å². The van der Waals surface area contributed by atoms with Crippen molar-refractivity contribution in [3.05, 3.63) is 0 Å². The van der Waals surface area contributed by atoms with Gasteiger partial charge < -0.3 is 4.89 Å². The van der Waals surface area contributed by atoms with Gasteiger partial charge in [-0.25, -0.2) is 0 Å². The van der Waals surface area contributed by atoms with Gasteiger partial charge in [-0.05, 0) is 12.3 Å². The average molecular weight is 194 g/mol. The van der Waals surface area contributed by atoms with Gasteiger partial charge in [0.05, 0.1) is 0 Å². The van der Waals surface area contributed by atoms with Crippen molar-refractivity contribution in [2.24, 2.45) is 5.92 Å². The molecule has 11 heavy (non-hydrogen) atoms. The highest BCUT2D eigenvalue weighted by Crippen LogP contribution is 2.39. The lowest BCUT2D eigenvalue weighted by atomic mass is 10.00. The van der Waals surface area contributed by atoms with E-state index in [4.69, 9.17) is 4.89 Å². The molecule has 2 nitrogen and oxygen atoms in total. The van der Waals surface area contributed by atoms with Crippen molar-refractivity contribution in [1.82, 2.24) is 0 Å². The summed E-state index contributed by atoms with van der Waals surface area (Å²) in [5.41, 5.74) is 0. The van der Waals surface area contributed by atoms with Crippen LogP contribution in [0.25, 0.3) is 0 Å². The van der Waals surface area contributed by atoms with Gasteiger partial charge >= 0.3 is 0 Å². The molecule has 1 unspecified atom stereocenters. The molecule has 0 saturated heterocycles. The first kappa shape index (κ1) is 14.3. The first-order chi connectivity index (χ1) is 4.36. The van der Waals surface area contributed by atoms with Crippen molar-refractivity contribution in [3.8, 4) is 0 Å². The molecular weight excluding hydrogens is 174 g/mol. The second-order valence-electron chi connectivity index (χ2n) is 3.79. The molecule has 0 aliphatic rings. The van der Waals surface area contributed by atoms with Crippen LogP contribution >= 0.6 is 8.03 Å². The molecule has 0 radical (unpaired) electrons. The van der Waals surface area contributed by atoms with E-state index in [2.05, 4.69) is 13.8 Å². The van der Waals surface area contributed by atoms with Crippen LogP contribution in [0.1, 0.15) is 34.1 Å². The Bertz CT molecular complexity index is 134. The summed E-state index contributed by atoms with van der Waals surface area (Å²) in [6, 6.07) is 0. The maximum atomic E-state index is 10.7. The number of hydrogen-bond donors (Lipinski definition) is 1.